The van der Waals surface area contributed by atoms with E-state index in [0.717, 1.165) is 12.0 Å². The first-order chi connectivity index (χ1) is 13.9. The molecule has 29 heavy (non-hydrogen) atoms. The zero-order chi connectivity index (χ0) is 21.0. The summed E-state index contributed by atoms with van der Waals surface area (Å²) in [5, 5.41) is 0. The first-order valence-corrected chi connectivity index (χ1v) is 11.2. The van der Waals surface area contributed by atoms with E-state index in [1.165, 1.54) is 6.20 Å². The lowest BCUT2D eigenvalue weighted by Crippen LogP contribution is -2.38. The quantitative estimate of drug-likeness (QED) is 0.710. The third-order valence-electron chi connectivity index (χ3n) is 5.10. The SMILES string of the molecule is CCOC(=O)C1CCN(c2ncc(S(=O)(=O)c3ccc(CC)cc3)c(N)n2)CC1. The molecule has 1 aliphatic heterocycles. The standard InChI is InChI=1S/C20H26N4O4S/c1-3-14-5-7-16(8-6-14)29(26,27)17-13-22-20(23-18(17)21)24-11-9-15(10-12-24)19(25)28-4-2/h5-8,13,15H,3-4,9-12H2,1-2H3,(H2,21,22,23). The van der Waals surface area contributed by atoms with Crippen molar-refractivity contribution >= 4 is 27.6 Å². The van der Waals surface area contributed by atoms with Gasteiger partial charge in [-0.05, 0) is 43.9 Å². The van der Waals surface area contributed by atoms with E-state index >= 15 is 0 Å². The monoisotopic (exact) mass is 418 g/mol. The second-order valence-electron chi connectivity index (χ2n) is 6.93. The van der Waals surface area contributed by atoms with E-state index < -0.39 is 9.84 Å². The van der Waals surface area contributed by atoms with Gasteiger partial charge >= 0.3 is 5.97 Å². The number of hydrogen-bond acceptors (Lipinski definition) is 8. The van der Waals surface area contributed by atoms with E-state index in [-0.39, 0.29) is 27.5 Å². The molecule has 1 fully saturated rings. The van der Waals surface area contributed by atoms with Crippen molar-refractivity contribution in [2.75, 3.05) is 30.3 Å². The molecule has 1 aliphatic rings. The van der Waals surface area contributed by atoms with Crippen molar-refractivity contribution in [3.8, 4) is 0 Å². The number of nitrogens with zero attached hydrogens (tertiary/aromatic N) is 3. The van der Waals surface area contributed by atoms with Crippen LogP contribution < -0.4 is 10.6 Å². The summed E-state index contributed by atoms with van der Waals surface area (Å²) in [7, 11) is -3.80. The van der Waals surface area contributed by atoms with Crippen molar-refractivity contribution in [3.05, 3.63) is 36.0 Å². The van der Waals surface area contributed by atoms with Crippen molar-refractivity contribution in [2.45, 2.75) is 42.9 Å². The molecule has 0 saturated carbocycles. The molecular formula is C20H26N4O4S. The van der Waals surface area contributed by atoms with Crippen LogP contribution in [0.5, 0.6) is 0 Å². The molecule has 2 N–H and O–H groups in total. The van der Waals surface area contributed by atoms with Crippen LogP contribution >= 0.6 is 0 Å². The van der Waals surface area contributed by atoms with Crippen LogP contribution in [0, 0.1) is 5.92 Å². The number of ether oxygens (including phenoxy) is 1. The fourth-order valence-electron chi connectivity index (χ4n) is 3.34. The fourth-order valence-corrected chi connectivity index (χ4v) is 4.60. The number of aromatic nitrogens is 2. The number of rotatable bonds is 6. The molecule has 0 radical (unpaired) electrons. The minimum absolute atomic E-state index is 0.0814. The number of nitrogen functional groups attached to an aromatic ring is 1. The van der Waals surface area contributed by atoms with E-state index in [9.17, 15) is 13.2 Å². The third kappa shape index (κ3) is 4.50. The molecule has 3 rings (SSSR count). The number of hydrogen-bond donors (Lipinski definition) is 1. The third-order valence-corrected chi connectivity index (χ3v) is 6.89. The summed E-state index contributed by atoms with van der Waals surface area (Å²) in [6, 6.07) is 6.71. The molecule has 0 unspecified atom stereocenters. The van der Waals surface area contributed by atoms with Crippen LogP contribution in [0.25, 0.3) is 0 Å². The maximum absolute atomic E-state index is 12.9. The predicted octanol–water partition coefficient (Wildman–Crippen LogP) is 2.23. The molecular weight excluding hydrogens is 392 g/mol. The van der Waals surface area contributed by atoms with E-state index in [0.29, 0.717) is 38.5 Å². The lowest BCUT2D eigenvalue weighted by atomic mass is 9.97. The normalized spacial score (nSPS) is 15.3. The summed E-state index contributed by atoms with van der Waals surface area (Å²) in [4.78, 5) is 22.3. The molecule has 0 amide bonds. The molecule has 1 aromatic carbocycles. The van der Waals surface area contributed by atoms with Gasteiger partial charge in [0.25, 0.3) is 0 Å². The number of esters is 1. The van der Waals surface area contributed by atoms with Crippen LogP contribution in [0.2, 0.25) is 0 Å². The average molecular weight is 419 g/mol. The topological polar surface area (TPSA) is 115 Å². The molecule has 0 atom stereocenters. The van der Waals surface area contributed by atoms with Gasteiger partial charge in [0.15, 0.2) is 0 Å². The summed E-state index contributed by atoms with van der Waals surface area (Å²) in [5.74, 6) is -0.0235. The highest BCUT2D eigenvalue weighted by Crippen LogP contribution is 2.27. The second-order valence-corrected chi connectivity index (χ2v) is 8.85. The molecule has 0 spiro atoms. The Morgan fingerprint density at radius 1 is 1.21 bits per heavy atom. The Morgan fingerprint density at radius 2 is 1.86 bits per heavy atom. The molecule has 2 heterocycles. The molecule has 9 heteroatoms. The van der Waals surface area contributed by atoms with Crippen molar-refractivity contribution in [1.29, 1.82) is 0 Å². The van der Waals surface area contributed by atoms with Gasteiger partial charge in [-0.3, -0.25) is 4.79 Å². The van der Waals surface area contributed by atoms with E-state index in [2.05, 4.69) is 9.97 Å². The summed E-state index contributed by atoms with van der Waals surface area (Å²) in [6.07, 6.45) is 3.35. The lowest BCUT2D eigenvalue weighted by molar-refractivity contribution is -0.148. The number of carbonyl (C=O) groups is 1. The van der Waals surface area contributed by atoms with Gasteiger partial charge in [-0.1, -0.05) is 19.1 Å². The van der Waals surface area contributed by atoms with Crippen LogP contribution in [0.4, 0.5) is 11.8 Å². The predicted molar refractivity (Wildman–Crippen MR) is 109 cm³/mol. The number of sulfone groups is 1. The smallest absolute Gasteiger partial charge is 0.309 e. The fraction of sp³-hybridized carbons (Fsp3) is 0.450. The highest BCUT2D eigenvalue weighted by atomic mass is 32.2. The molecule has 8 nitrogen and oxygen atoms in total. The van der Waals surface area contributed by atoms with Crippen molar-refractivity contribution in [3.63, 3.8) is 0 Å². The Balaban J connectivity index is 1.76. The summed E-state index contributed by atoms with van der Waals surface area (Å²) in [5.41, 5.74) is 7.04. The highest BCUT2D eigenvalue weighted by molar-refractivity contribution is 7.91. The minimum atomic E-state index is -3.80. The van der Waals surface area contributed by atoms with Gasteiger partial charge in [-0.15, -0.1) is 0 Å². The van der Waals surface area contributed by atoms with Gasteiger partial charge in [-0.2, -0.15) is 4.98 Å². The Bertz CT molecular complexity index is 968. The second kappa shape index (κ2) is 8.77. The van der Waals surface area contributed by atoms with E-state index in [4.69, 9.17) is 10.5 Å². The number of anilines is 2. The summed E-state index contributed by atoms with van der Waals surface area (Å²) >= 11 is 0. The number of piperidine rings is 1. The molecule has 2 aromatic rings. The van der Waals surface area contributed by atoms with Crippen LogP contribution in [-0.2, 0) is 25.8 Å². The first kappa shape index (κ1) is 21.0. The van der Waals surface area contributed by atoms with E-state index in [1.54, 1.807) is 31.2 Å². The maximum Gasteiger partial charge on any atom is 0.309 e. The van der Waals surface area contributed by atoms with Crippen LogP contribution in [-0.4, -0.2) is 44.1 Å². The van der Waals surface area contributed by atoms with Gasteiger partial charge in [0.05, 0.1) is 23.6 Å². The summed E-state index contributed by atoms with van der Waals surface area (Å²) in [6.45, 7) is 5.32. The number of aryl methyl sites for hydroxylation is 1. The van der Waals surface area contributed by atoms with Crippen molar-refractivity contribution < 1.29 is 17.9 Å². The molecule has 0 bridgehead atoms. The largest absolute Gasteiger partial charge is 0.466 e. The molecule has 1 saturated heterocycles. The Hall–Kier alpha value is -2.68. The van der Waals surface area contributed by atoms with Crippen LogP contribution in [0.1, 0.15) is 32.3 Å². The van der Waals surface area contributed by atoms with Crippen LogP contribution in [0.15, 0.2) is 40.3 Å². The van der Waals surface area contributed by atoms with Gasteiger partial charge in [-0.25, -0.2) is 13.4 Å². The number of carbonyl (C=O) groups excluding carboxylic acids is 1. The van der Waals surface area contributed by atoms with Gasteiger partial charge in [0.2, 0.25) is 15.8 Å². The molecule has 156 valence electrons. The van der Waals surface area contributed by atoms with Gasteiger partial charge < -0.3 is 15.4 Å². The first-order valence-electron chi connectivity index (χ1n) is 9.75. The number of nitrogens with two attached hydrogens (primary N) is 1. The molecule has 0 aliphatic carbocycles. The zero-order valence-corrected chi connectivity index (χ0v) is 17.5. The zero-order valence-electron chi connectivity index (χ0n) is 16.7. The maximum atomic E-state index is 12.9. The highest BCUT2D eigenvalue weighted by Gasteiger charge is 2.28. The van der Waals surface area contributed by atoms with Crippen molar-refractivity contribution in [2.24, 2.45) is 5.92 Å². The number of benzene rings is 1. The van der Waals surface area contributed by atoms with Crippen LogP contribution in [0.3, 0.4) is 0 Å². The Morgan fingerprint density at radius 3 is 2.41 bits per heavy atom. The van der Waals surface area contributed by atoms with Gasteiger partial charge in [0, 0.05) is 13.1 Å². The lowest BCUT2D eigenvalue weighted by Gasteiger charge is -2.30. The Kier molecular flexibility index (Phi) is 6.36. The molecule has 1 aromatic heterocycles. The van der Waals surface area contributed by atoms with Gasteiger partial charge in [0.1, 0.15) is 10.7 Å². The van der Waals surface area contributed by atoms with E-state index in [1.807, 2.05) is 11.8 Å². The average Bonchev–Trinajstić information content (AvgIpc) is 2.74. The minimum Gasteiger partial charge on any atom is -0.466 e. The summed E-state index contributed by atoms with van der Waals surface area (Å²) < 4.78 is 30.9. The Labute approximate surface area is 171 Å². The van der Waals surface area contributed by atoms with Crippen molar-refractivity contribution in [1.82, 2.24) is 9.97 Å².